The Morgan fingerprint density at radius 3 is 2.29 bits per heavy atom. The first kappa shape index (κ1) is 10.8. The first-order chi connectivity index (χ1) is 8.43. The Kier molecular flexibility index (Phi) is 3.14. The van der Waals surface area contributed by atoms with E-state index < -0.39 is 0 Å². The molecule has 3 heterocycles. The maximum absolute atomic E-state index is 4.39. The van der Waals surface area contributed by atoms with Gasteiger partial charge in [-0.1, -0.05) is 0 Å². The Labute approximate surface area is 103 Å². The number of nitrogens with one attached hydrogen (secondary N) is 1. The zero-order valence-corrected chi connectivity index (χ0v) is 10.2. The van der Waals surface area contributed by atoms with Crippen molar-refractivity contribution in [1.82, 2.24) is 10.3 Å². The molecule has 2 aliphatic rings. The molecule has 0 saturated carbocycles. The fourth-order valence-corrected chi connectivity index (χ4v) is 2.44. The van der Waals surface area contributed by atoms with Crippen molar-refractivity contribution in [1.29, 1.82) is 0 Å². The average molecular weight is 232 g/mol. The lowest BCUT2D eigenvalue weighted by molar-refractivity contribution is 0.616. The van der Waals surface area contributed by atoms with Gasteiger partial charge in [0, 0.05) is 32.7 Å². The van der Waals surface area contributed by atoms with Crippen LogP contribution in [0.15, 0.2) is 18.5 Å². The lowest BCUT2D eigenvalue weighted by Crippen LogP contribution is -2.37. The van der Waals surface area contributed by atoms with E-state index in [-0.39, 0.29) is 0 Å². The molecule has 2 fully saturated rings. The molecule has 0 amide bonds. The van der Waals surface area contributed by atoms with Crippen molar-refractivity contribution in [3.63, 3.8) is 0 Å². The van der Waals surface area contributed by atoms with Crippen LogP contribution in [0, 0.1) is 0 Å². The molecule has 0 aromatic carbocycles. The van der Waals surface area contributed by atoms with E-state index in [1.807, 2.05) is 12.4 Å². The summed E-state index contributed by atoms with van der Waals surface area (Å²) in [6, 6.07) is 2.29. The van der Waals surface area contributed by atoms with Crippen LogP contribution in [0.5, 0.6) is 0 Å². The standard InChI is InChI=1S/C13H20N4/c1-3-14-4-8-17(5-1)13-9-12(10-15-11-13)16-6-2-7-16/h9-11,14H,1-8H2. The zero-order chi connectivity index (χ0) is 11.5. The second-order valence-electron chi connectivity index (χ2n) is 4.83. The monoisotopic (exact) mass is 232 g/mol. The number of pyridine rings is 1. The Hall–Kier alpha value is -1.29. The van der Waals surface area contributed by atoms with Crippen LogP contribution in [0.4, 0.5) is 11.4 Å². The highest BCUT2D eigenvalue weighted by Crippen LogP contribution is 2.24. The number of hydrogen-bond acceptors (Lipinski definition) is 4. The van der Waals surface area contributed by atoms with Gasteiger partial charge in [0.25, 0.3) is 0 Å². The van der Waals surface area contributed by atoms with Crippen LogP contribution in [0.25, 0.3) is 0 Å². The molecular weight excluding hydrogens is 212 g/mol. The maximum Gasteiger partial charge on any atom is 0.0574 e. The molecule has 0 unspecified atom stereocenters. The topological polar surface area (TPSA) is 31.4 Å². The number of aromatic nitrogens is 1. The number of rotatable bonds is 2. The van der Waals surface area contributed by atoms with E-state index in [0.29, 0.717) is 0 Å². The van der Waals surface area contributed by atoms with Crippen molar-refractivity contribution >= 4 is 11.4 Å². The smallest absolute Gasteiger partial charge is 0.0574 e. The van der Waals surface area contributed by atoms with Crippen LogP contribution >= 0.6 is 0 Å². The third-order valence-corrected chi connectivity index (χ3v) is 3.64. The minimum Gasteiger partial charge on any atom is -0.370 e. The Bertz CT molecular complexity index is 367. The van der Waals surface area contributed by atoms with Crippen molar-refractivity contribution in [3.8, 4) is 0 Å². The van der Waals surface area contributed by atoms with Gasteiger partial charge in [-0.15, -0.1) is 0 Å². The van der Waals surface area contributed by atoms with Gasteiger partial charge in [-0.05, 0) is 25.5 Å². The zero-order valence-electron chi connectivity index (χ0n) is 10.2. The highest BCUT2D eigenvalue weighted by molar-refractivity contribution is 5.58. The minimum absolute atomic E-state index is 1.08. The molecule has 3 rings (SSSR count). The van der Waals surface area contributed by atoms with Crippen molar-refractivity contribution in [2.24, 2.45) is 0 Å². The largest absolute Gasteiger partial charge is 0.370 e. The van der Waals surface area contributed by atoms with Crippen LogP contribution in [0.2, 0.25) is 0 Å². The molecule has 2 saturated heterocycles. The van der Waals surface area contributed by atoms with Gasteiger partial charge in [0.15, 0.2) is 0 Å². The lowest BCUT2D eigenvalue weighted by Gasteiger charge is -2.33. The van der Waals surface area contributed by atoms with Crippen molar-refractivity contribution in [2.45, 2.75) is 12.8 Å². The predicted octanol–water partition coefficient (Wildman–Crippen LogP) is 1.09. The van der Waals surface area contributed by atoms with E-state index in [0.717, 1.165) is 26.2 Å². The lowest BCUT2D eigenvalue weighted by atomic mass is 10.2. The van der Waals surface area contributed by atoms with E-state index in [2.05, 4.69) is 26.2 Å². The molecule has 92 valence electrons. The van der Waals surface area contributed by atoms with Crippen LogP contribution < -0.4 is 15.1 Å². The molecular formula is C13H20N4. The fraction of sp³-hybridized carbons (Fsp3) is 0.615. The minimum atomic E-state index is 1.08. The quantitative estimate of drug-likeness (QED) is 0.827. The highest BCUT2D eigenvalue weighted by Gasteiger charge is 2.16. The second-order valence-corrected chi connectivity index (χ2v) is 4.83. The Morgan fingerprint density at radius 1 is 0.882 bits per heavy atom. The molecule has 1 aromatic rings. The van der Waals surface area contributed by atoms with Gasteiger partial charge in [0.2, 0.25) is 0 Å². The van der Waals surface area contributed by atoms with Gasteiger partial charge >= 0.3 is 0 Å². The molecule has 0 radical (unpaired) electrons. The number of nitrogens with zero attached hydrogens (tertiary/aromatic N) is 3. The Morgan fingerprint density at radius 2 is 1.59 bits per heavy atom. The maximum atomic E-state index is 4.39. The summed E-state index contributed by atoms with van der Waals surface area (Å²) in [6.07, 6.45) is 6.51. The number of hydrogen-bond donors (Lipinski definition) is 1. The Balaban J connectivity index is 1.76. The van der Waals surface area contributed by atoms with Crippen molar-refractivity contribution in [2.75, 3.05) is 49.1 Å². The van der Waals surface area contributed by atoms with Gasteiger partial charge in [0.05, 0.1) is 23.8 Å². The highest BCUT2D eigenvalue weighted by atomic mass is 15.2. The van der Waals surface area contributed by atoms with Crippen LogP contribution in [-0.2, 0) is 0 Å². The molecule has 0 spiro atoms. The first-order valence-electron chi connectivity index (χ1n) is 6.59. The second kappa shape index (κ2) is 4.92. The van der Waals surface area contributed by atoms with Crippen molar-refractivity contribution < 1.29 is 0 Å². The third-order valence-electron chi connectivity index (χ3n) is 3.64. The first-order valence-corrected chi connectivity index (χ1v) is 6.59. The summed E-state index contributed by atoms with van der Waals surface area (Å²) in [7, 11) is 0. The summed E-state index contributed by atoms with van der Waals surface area (Å²) in [5.41, 5.74) is 2.56. The van der Waals surface area contributed by atoms with E-state index in [9.17, 15) is 0 Å². The van der Waals surface area contributed by atoms with Gasteiger partial charge in [-0.3, -0.25) is 4.98 Å². The van der Waals surface area contributed by atoms with Gasteiger partial charge in [-0.2, -0.15) is 0 Å². The average Bonchev–Trinajstić information content (AvgIpc) is 2.55. The summed E-state index contributed by atoms with van der Waals surface area (Å²) in [4.78, 5) is 9.23. The molecule has 2 aliphatic heterocycles. The summed E-state index contributed by atoms with van der Waals surface area (Å²) >= 11 is 0. The summed E-state index contributed by atoms with van der Waals surface area (Å²) in [5, 5.41) is 3.43. The molecule has 1 N–H and O–H groups in total. The summed E-state index contributed by atoms with van der Waals surface area (Å²) in [5.74, 6) is 0. The van der Waals surface area contributed by atoms with Crippen LogP contribution in [0.3, 0.4) is 0 Å². The third kappa shape index (κ3) is 2.36. The van der Waals surface area contributed by atoms with Gasteiger partial charge in [0.1, 0.15) is 0 Å². The van der Waals surface area contributed by atoms with Crippen LogP contribution in [0.1, 0.15) is 12.8 Å². The van der Waals surface area contributed by atoms with Gasteiger partial charge < -0.3 is 15.1 Å². The van der Waals surface area contributed by atoms with E-state index in [4.69, 9.17) is 0 Å². The molecule has 17 heavy (non-hydrogen) atoms. The normalized spacial score (nSPS) is 20.9. The van der Waals surface area contributed by atoms with Crippen LogP contribution in [-0.4, -0.2) is 44.3 Å². The SMILES string of the molecule is c1ncc(N2CCCNCC2)cc1N1CCC1. The summed E-state index contributed by atoms with van der Waals surface area (Å²) < 4.78 is 0. The van der Waals surface area contributed by atoms with Gasteiger partial charge in [-0.25, -0.2) is 0 Å². The van der Waals surface area contributed by atoms with E-state index >= 15 is 0 Å². The molecule has 0 atom stereocenters. The molecule has 4 nitrogen and oxygen atoms in total. The van der Waals surface area contributed by atoms with E-state index in [1.54, 1.807) is 0 Å². The number of anilines is 2. The molecule has 0 bridgehead atoms. The summed E-state index contributed by atoms with van der Waals surface area (Å²) in [6.45, 7) is 6.81. The molecule has 0 aliphatic carbocycles. The van der Waals surface area contributed by atoms with Crippen molar-refractivity contribution in [3.05, 3.63) is 18.5 Å². The van der Waals surface area contributed by atoms with E-state index in [1.165, 1.54) is 37.3 Å². The molecule has 1 aromatic heterocycles. The fourth-order valence-electron chi connectivity index (χ4n) is 2.44. The predicted molar refractivity (Wildman–Crippen MR) is 70.8 cm³/mol. The molecule has 4 heteroatoms.